The summed E-state index contributed by atoms with van der Waals surface area (Å²) >= 11 is 3.83. The number of carbonyl (C=O) groups is 4. The van der Waals surface area contributed by atoms with Gasteiger partial charge in [0.2, 0.25) is 5.60 Å². The van der Waals surface area contributed by atoms with E-state index in [1.54, 1.807) is 0 Å². The van der Waals surface area contributed by atoms with E-state index in [-0.39, 0.29) is 22.2 Å². The lowest BCUT2D eigenvalue weighted by Gasteiger charge is -2.49. The maximum Gasteiger partial charge on any atom is 0.352 e. The van der Waals surface area contributed by atoms with Crippen molar-refractivity contribution < 1.29 is 38.9 Å². The molecule has 39 heavy (non-hydrogen) atoms. The number of nitrogen functional groups attached to an aromatic ring is 1. The van der Waals surface area contributed by atoms with Gasteiger partial charge in [-0.25, -0.2) is 14.6 Å². The van der Waals surface area contributed by atoms with Crippen molar-refractivity contribution in [3.05, 3.63) is 34.6 Å². The number of amides is 2. The molecule has 1 saturated heterocycles. The van der Waals surface area contributed by atoms with Crippen LogP contribution in [0.2, 0.25) is 0 Å². The molecule has 208 valence electrons. The Morgan fingerprint density at radius 2 is 2.10 bits per heavy atom. The first-order chi connectivity index (χ1) is 18.3. The van der Waals surface area contributed by atoms with E-state index in [9.17, 15) is 29.4 Å². The quantitative estimate of drug-likeness (QED) is 0.0948. The van der Waals surface area contributed by atoms with Gasteiger partial charge in [0.05, 0.1) is 7.05 Å². The van der Waals surface area contributed by atoms with E-state index in [1.165, 1.54) is 47.7 Å². The third kappa shape index (κ3) is 5.60. The summed E-state index contributed by atoms with van der Waals surface area (Å²) in [6.07, 6.45) is 1.89. The van der Waals surface area contributed by atoms with Crippen molar-refractivity contribution in [3.63, 3.8) is 0 Å². The van der Waals surface area contributed by atoms with Crippen LogP contribution in [0.1, 0.15) is 19.5 Å². The Morgan fingerprint density at radius 1 is 1.38 bits per heavy atom. The molecule has 0 unspecified atom stereocenters. The van der Waals surface area contributed by atoms with Crippen molar-refractivity contribution in [3.8, 4) is 0 Å². The zero-order chi connectivity index (χ0) is 28.6. The zero-order valence-electron chi connectivity index (χ0n) is 21.3. The molecular formula is C22H26N7O7S3+. The van der Waals surface area contributed by atoms with E-state index < -0.39 is 40.8 Å². The molecule has 0 aromatic carbocycles. The largest absolute Gasteiger partial charge is 0.478 e. The fourth-order valence-electron chi connectivity index (χ4n) is 3.64. The number of oxime groups is 1. The van der Waals surface area contributed by atoms with Gasteiger partial charge < -0.3 is 26.1 Å². The highest BCUT2D eigenvalue weighted by molar-refractivity contribution is 8.01. The number of anilines is 1. The monoisotopic (exact) mass is 596 g/mol. The number of nitrogens with zero attached hydrogens (tertiary/aromatic N) is 5. The van der Waals surface area contributed by atoms with Gasteiger partial charge in [0.1, 0.15) is 27.8 Å². The minimum Gasteiger partial charge on any atom is -0.478 e. The van der Waals surface area contributed by atoms with Crippen molar-refractivity contribution in [1.29, 1.82) is 0 Å². The summed E-state index contributed by atoms with van der Waals surface area (Å²) in [5.74, 6) is -3.25. The lowest BCUT2D eigenvalue weighted by Crippen LogP contribution is -2.71. The molecule has 2 amide bonds. The Labute approximate surface area is 234 Å². The lowest BCUT2D eigenvalue weighted by molar-refractivity contribution is -0.754. The number of rotatable bonds is 10. The number of thioether (sulfide) groups is 2. The van der Waals surface area contributed by atoms with Crippen LogP contribution in [0.5, 0.6) is 0 Å². The van der Waals surface area contributed by atoms with Crippen molar-refractivity contribution >= 4 is 69.5 Å². The van der Waals surface area contributed by atoms with Crippen molar-refractivity contribution in [2.75, 3.05) is 17.2 Å². The maximum absolute atomic E-state index is 13.2. The molecule has 17 heteroatoms. The molecule has 4 heterocycles. The molecule has 0 bridgehead atoms. The Bertz CT molecular complexity index is 1410. The summed E-state index contributed by atoms with van der Waals surface area (Å²) in [4.78, 5) is 60.1. The van der Waals surface area contributed by atoms with Crippen LogP contribution in [0.3, 0.4) is 0 Å². The van der Waals surface area contributed by atoms with Gasteiger partial charge in [0.15, 0.2) is 24.1 Å². The Morgan fingerprint density at radius 3 is 2.67 bits per heavy atom. The number of aromatic nitrogens is 3. The first-order valence-electron chi connectivity index (χ1n) is 11.4. The number of nitrogens with one attached hydrogen (secondary N) is 1. The number of carboxylic acid groups (broad SMARTS) is 2. The first-order valence-corrected chi connectivity index (χ1v) is 14.3. The van der Waals surface area contributed by atoms with Crippen LogP contribution in [0.25, 0.3) is 0 Å². The van der Waals surface area contributed by atoms with Crippen LogP contribution in [0, 0.1) is 0 Å². The van der Waals surface area contributed by atoms with E-state index in [4.69, 9.17) is 10.6 Å². The molecule has 5 N–H and O–H groups in total. The van der Waals surface area contributed by atoms with E-state index in [0.29, 0.717) is 17.1 Å². The summed E-state index contributed by atoms with van der Waals surface area (Å²) in [7, 11) is 3.77. The number of aliphatic carboxylic acids is 2. The first kappa shape index (κ1) is 28.4. The van der Waals surface area contributed by atoms with Gasteiger partial charge in [0.25, 0.3) is 11.8 Å². The number of thiazole rings is 1. The van der Waals surface area contributed by atoms with Crippen molar-refractivity contribution in [2.45, 2.75) is 35.9 Å². The standard InChI is InChI=1S/C22H25N7O7S3/c1-22(2,20(34)35)36-26-13(11-9-39-21(23)24-11)16(30)25-14-17(31)29-15(19(32)33)10(8-38-18(14)29)7-37-12-5-6-27(3)28(12)4/h5-6,9,14,18H,7-8H2,1-4H3,(H4-,23,24,25,30,32,33,34,35)/p+1/b26-13-/t14-,18-/m1/s1. The SMILES string of the molecule is Cn1c(SCC2=C(C(=O)O)N3C(=O)[C@@H](NC(=O)/C(=N\OC(C)(C)C(=O)O)c4csc(N)n4)[C@H]3SC2)cc[n+]1C. The fourth-order valence-corrected chi connectivity index (χ4v) is 6.70. The van der Waals surface area contributed by atoms with Crippen LogP contribution in [-0.4, -0.2) is 82.8 Å². The average Bonchev–Trinajstić information content (AvgIpc) is 3.45. The van der Waals surface area contributed by atoms with Gasteiger partial charge in [-0.3, -0.25) is 14.5 Å². The van der Waals surface area contributed by atoms with Gasteiger partial charge in [-0.15, -0.1) is 27.8 Å². The Hall–Kier alpha value is -3.57. The predicted molar refractivity (Wildman–Crippen MR) is 143 cm³/mol. The molecule has 2 aromatic rings. The summed E-state index contributed by atoms with van der Waals surface area (Å²) in [5.41, 5.74) is 4.11. The van der Waals surface area contributed by atoms with E-state index in [0.717, 1.165) is 16.4 Å². The van der Waals surface area contributed by atoms with Crippen LogP contribution >= 0.6 is 34.9 Å². The highest BCUT2D eigenvalue weighted by atomic mass is 32.2. The molecule has 0 radical (unpaired) electrons. The highest BCUT2D eigenvalue weighted by Crippen LogP contribution is 2.41. The third-order valence-electron chi connectivity index (χ3n) is 6.02. The Balaban J connectivity index is 1.52. The topological polar surface area (TPSA) is 193 Å². The highest BCUT2D eigenvalue weighted by Gasteiger charge is 2.54. The van der Waals surface area contributed by atoms with Gasteiger partial charge >= 0.3 is 11.9 Å². The van der Waals surface area contributed by atoms with E-state index >= 15 is 0 Å². The number of aryl methyl sites for hydroxylation is 1. The smallest absolute Gasteiger partial charge is 0.352 e. The number of nitrogens with two attached hydrogens (primary N) is 1. The molecule has 2 aliphatic rings. The second kappa shape index (κ2) is 10.9. The number of hydrogen-bond donors (Lipinski definition) is 4. The van der Waals surface area contributed by atoms with E-state index in [2.05, 4.69) is 15.5 Å². The molecule has 2 aromatic heterocycles. The molecule has 1 fully saturated rings. The second-order valence-corrected chi connectivity index (χ2v) is 12.1. The van der Waals surface area contributed by atoms with E-state index in [1.807, 2.05) is 35.7 Å². The summed E-state index contributed by atoms with van der Waals surface area (Å²) in [6, 6.07) is 0.882. The van der Waals surface area contributed by atoms with Gasteiger partial charge in [-0.05, 0) is 19.4 Å². The minimum absolute atomic E-state index is 0.0376. The molecule has 4 rings (SSSR count). The molecule has 0 saturated carbocycles. The third-order valence-corrected chi connectivity index (χ3v) is 9.22. The zero-order valence-corrected chi connectivity index (χ0v) is 23.7. The molecular weight excluding hydrogens is 570 g/mol. The number of carbonyl (C=O) groups excluding carboxylic acids is 2. The number of hydrogen-bond acceptors (Lipinski definition) is 11. The lowest BCUT2D eigenvalue weighted by atomic mass is 10.0. The van der Waals surface area contributed by atoms with Crippen LogP contribution in [0.4, 0.5) is 5.13 Å². The second-order valence-electron chi connectivity index (χ2n) is 9.08. The van der Waals surface area contributed by atoms with Crippen LogP contribution < -0.4 is 15.7 Å². The van der Waals surface area contributed by atoms with Gasteiger partial charge in [-0.2, -0.15) is 4.68 Å². The summed E-state index contributed by atoms with van der Waals surface area (Å²) in [6.45, 7) is 2.51. The van der Waals surface area contributed by atoms with Gasteiger partial charge in [-0.1, -0.05) is 16.9 Å². The van der Waals surface area contributed by atoms with Crippen molar-refractivity contribution in [1.82, 2.24) is 19.9 Å². The average molecular weight is 597 g/mol. The van der Waals surface area contributed by atoms with Crippen LogP contribution in [-0.2, 0) is 38.1 Å². The molecule has 2 aliphatic heterocycles. The van der Waals surface area contributed by atoms with Crippen LogP contribution in [0.15, 0.2) is 39.1 Å². The maximum atomic E-state index is 13.2. The Kier molecular flexibility index (Phi) is 7.94. The molecule has 0 spiro atoms. The number of fused-ring (bicyclic) bond motifs is 1. The fraction of sp³-hybridized carbons (Fsp3) is 0.409. The minimum atomic E-state index is -1.75. The normalized spacial score (nSPS) is 19.4. The molecule has 0 aliphatic carbocycles. The summed E-state index contributed by atoms with van der Waals surface area (Å²) in [5, 5.41) is 27.4. The van der Waals surface area contributed by atoms with Crippen molar-refractivity contribution in [2.24, 2.45) is 19.3 Å². The molecule has 14 nitrogen and oxygen atoms in total. The summed E-state index contributed by atoms with van der Waals surface area (Å²) < 4.78 is 3.80. The number of β-lactam (4-membered cyclic amide) rings is 1. The predicted octanol–water partition coefficient (Wildman–Crippen LogP) is 0.00310. The van der Waals surface area contributed by atoms with Gasteiger partial charge in [0, 0.05) is 23.0 Å². The molecule has 2 atom stereocenters. The number of carboxylic acids is 2.